The molecule has 0 aromatic heterocycles. The van der Waals surface area contributed by atoms with Gasteiger partial charge in [-0.2, -0.15) is 0 Å². The summed E-state index contributed by atoms with van der Waals surface area (Å²) in [6.45, 7) is 0. The Bertz CT molecular complexity index is 874. The maximum atomic E-state index is 12.2. The molecule has 120 valence electrons. The van der Waals surface area contributed by atoms with E-state index in [0.29, 0.717) is 10.9 Å². The largest absolute Gasteiger partial charge is 0.451 e. The maximum absolute atomic E-state index is 12.2. The van der Waals surface area contributed by atoms with Gasteiger partial charge < -0.3 is 4.74 Å². The van der Waals surface area contributed by atoms with E-state index >= 15 is 0 Å². The Morgan fingerprint density at radius 1 is 0.875 bits per heavy atom. The third-order valence-corrected chi connectivity index (χ3v) is 4.34. The maximum Gasteiger partial charge on any atom is 0.380 e. The van der Waals surface area contributed by atoms with Gasteiger partial charge in [0.05, 0.1) is 0 Å². The van der Waals surface area contributed by atoms with Gasteiger partial charge in [0, 0.05) is 10.9 Å². The van der Waals surface area contributed by atoms with Crippen molar-refractivity contribution in [2.75, 3.05) is 5.33 Å². The molecule has 24 heavy (non-hydrogen) atoms. The molecule has 3 aromatic rings. The average Bonchev–Trinajstić information content (AvgIpc) is 2.65. The number of benzene rings is 3. The molecule has 3 aromatic carbocycles. The summed E-state index contributed by atoms with van der Waals surface area (Å²) in [5.74, 6) is -1.49. The van der Waals surface area contributed by atoms with Crippen LogP contribution in [0, 0.1) is 0 Å². The third-order valence-electron chi connectivity index (χ3n) is 3.76. The fourth-order valence-electron chi connectivity index (χ4n) is 2.49. The first kappa shape index (κ1) is 16.4. The second-order valence-corrected chi connectivity index (χ2v) is 6.00. The van der Waals surface area contributed by atoms with E-state index in [1.807, 2.05) is 42.5 Å². The standard InChI is InChI=1S/C20H15BrO3/c21-13-18(17-11-10-14-6-4-5-9-16(14)12-17)24-20(23)19(22)15-7-2-1-3-8-15/h1-12,18H,13H2/t18-/m1/s1. The highest BCUT2D eigenvalue weighted by molar-refractivity contribution is 9.09. The van der Waals surface area contributed by atoms with E-state index in [0.717, 1.165) is 16.3 Å². The van der Waals surface area contributed by atoms with E-state index in [1.54, 1.807) is 30.3 Å². The molecule has 0 aliphatic heterocycles. The summed E-state index contributed by atoms with van der Waals surface area (Å²) >= 11 is 3.36. The molecule has 3 nitrogen and oxygen atoms in total. The van der Waals surface area contributed by atoms with Crippen LogP contribution in [0.2, 0.25) is 0 Å². The molecular weight excluding hydrogens is 368 g/mol. The van der Waals surface area contributed by atoms with Gasteiger partial charge in [-0.05, 0) is 22.4 Å². The van der Waals surface area contributed by atoms with Crippen molar-refractivity contribution in [3.8, 4) is 0 Å². The first-order chi connectivity index (χ1) is 11.7. The van der Waals surface area contributed by atoms with Crippen LogP contribution in [0.5, 0.6) is 0 Å². The minimum atomic E-state index is -0.848. The summed E-state index contributed by atoms with van der Waals surface area (Å²) in [6.07, 6.45) is -0.519. The zero-order valence-corrected chi connectivity index (χ0v) is 14.4. The van der Waals surface area contributed by atoms with Crippen molar-refractivity contribution in [2.24, 2.45) is 0 Å². The Hall–Kier alpha value is -2.46. The Kier molecular flexibility index (Phi) is 5.06. The molecule has 0 saturated heterocycles. The van der Waals surface area contributed by atoms with Crippen LogP contribution in [0.25, 0.3) is 10.8 Å². The Labute approximate surface area is 148 Å². The number of ketones is 1. The van der Waals surface area contributed by atoms with Crippen molar-refractivity contribution in [3.63, 3.8) is 0 Å². The van der Waals surface area contributed by atoms with Gasteiger partial charge in [0.2, 0.25) is 0 Å². The Morgan fingerprint density at radius 3 is 2.25 bits per heavy atom. The second-order valence-electron chi connectivity index (χ2n) is 5.35. The van der Waals surface area contributed by atoms with E-state index in [-0.39, 0.29) is 0 Å². The minimum Gasteiger partial charge on any atom is -0.451 e. The van der Waals surface area contributed by atoms with Gasteiger partial charge in [-0.3, -0.25) is 4.79 Å². The molecule has 0 radical (unpaired) electrons. The Morgan fingerprint density at radius 2 is 1.54 bits per heavy atom. The van der Waals surface area contributed by atoms with E-state index in [9.17, 15) is 9.59 Å². The van der Waals surface area contributed by atoms with Gasteiger partial charge in [-0.25, -0.2) is 4.79 Å². The number of rotatable bonds is 5. The van der Waals surface area contributed by atoms with Crippen LogP contribution in [0.1, 0.15) is 22.0 Å². The SMILES string of the molecule is O=C(O[C@H](CBr)c1ccc2ccccc2c1)C(=O)c1ccccc1. The van der Waals surface area contributed by atoms with Crippen LogP contribution in [0.3, 0.4) is 0 Å². The van der Waals surface area contributed by atoms with E-state index in [2.05, 4.69) is 15.9 Å². The van der Waals surface area contributed by atoms with Gasteiger partial charge in [0.15, 0.2) is 0 Å². The van der Waals surface area contributed by atoms with Crippen molar-refractivity contribution in [1.29, 1.82) is 0 Å². The smallest absolute Gasteiger partial charge is 0.380 e. The van der Waals surface area contributed by atoms with E-state index in [1.165, 1.54) is 0 Å². The fraction of sp³-hybridized carbons (Fsp3) is 0.100. The van der Waals surface area contributed by atoms with Gasteiger partial charge >= 0.3 is 5.97 Å². The van der Waals surface area contributed by atoms with Crippen LogP contribution in [0.4, 0.5) is 0 Å². The summed E-state index contributed by atoms with van der Waals surface area (Å²) in [6, 6.07) is 22.2. The zero-order chi connectivity index (χ0) is 16.9. The highest BCUT2D eigenvalue weighted by Crippen LogP contribution is 2.25. The first-order valence-electron chi connectivity index (χ1n) is 7.54. The number of hydrogen-bond acceptors (Lipinski definition) is 3. The number of Topliss-reactive ketones (excluding diaryl/α,β-unsaturated/α-hetero) is 1. The van der Waals surface area contributed by atoms with E-state index in [4.69, 9.17) is 4.74 Å². The molecule has 0 N–H and O–H groups in total. The number of esters is 1. The van der Waals surface area contributed by atoms with Crippen LogP contribution < -0.4 is 0 Å². The summed E-state index contributed by atoms with van der Waals surface area (Å²) in [7, 11) is 0. The minimum absolute atomic E-state index is 0.328. The fourth-order valence-corrected chi connectivity index (χ4v) is 2.99. The monoisotopic (exact) mass is 382 g/mol. The van der Waals surface area contributed by atoms with E-state index < -0.39 is 17.9 Å². The molecule has 0 amide bonds. The van der Waals surface area contributed by atoms with Crippen LogP contribution in [0.15, 0.2) is 72.8 Å². The molecule has 4 heteroatoms. The highest BCUT2D eigenvalue weighted by atomic mass is 79.9. The topological polar surface area (TPSA) is 43.4 Å². The Balaban J connectivity index is 1.80. The number of carbonyl (C=O) groups excluding carboxylic acids is 2. The van der Waals surface area contributed by atoms with Crippen LogP contribution >= 0.6 is 15.9 Å². The van der Waals surface area contributed by atoms with Gasteiger partial charge in [0.1, 0.15) is 6.10 Å². The lowest BCUT2D eigenvalue weighted by Crippen LogP contribution is -2.21. The lowest BCUT2D eigenvalue weighted by molar-refractivity contribution is -0.142. The lowest BCUT2D eigenvalue weighted by atomic mass is 10.0. The number of fused-ring (bicyclic) bond motifs is 1. The number of hydrogen-bond donors (Lipinski definition) is 0. The van der Waals surface area contributed by atoms with Crippen molar-refractivity contribution >= 4 is 38.5 Å². The molecule has 0 aliphatic carbocycles. The average molecular weight is 383 g/mol. The molecule has 0 unspecified atom stereocenters. The molecule has 1 atom stereocenters. The van der Waals surface area contributed by atoms with Crippen molar-refractivity contribution in [2.45, 2.75) is 6.10 Å². The number of carbonyl (C=O) groups is 2. The second kappa shape index (κ2) is 7.41. The third kappa shape index (κ3) is 3.54. The highest BCUT2D eigenvalue weighted by Gasteiger charge is 2.23. The molecule has 0 saturated carbocycles. The molecule has 0 heterocycles. The number of ether oxygens (including phenoxy) is 1. The molecular formula is C20H15BrO3. The van der Waals surface area contributed by atoms with Gasteiger partial charge in [0.25, 0.3) is 5.78 Å². The van der Waals surface area contributed by atoms with Crippen molar-refractivity contribution in [1.82, 2.24) is 0 Å². The summed E-state index contributed by atoms with van der Waals surface area (Å²) in [4.78, 5) is 24.3. The van der Waals surface area contributed by atoms with Crippen molar-refractivity contribution in [3.05, 3.63) is 83.9 Å². The molecule has 0 aliphatic rings. The summed E-state index contributed by atoms with van der Waals surface area (Å²) in [5.41, 5.74) is 1.18. The predicted octanol–water partition coefficient (Wildman–Crippen LogP) is 4.70. The summed E-state index contributed by atoms with van der Waals surface area (Å²) < 4.78 is 5.42. The van der Waals surface area contributed by atoms with Gasteiger partial charge in [-0.1, -0.05) is 82.7 Å². The molecule has 0 spiro atoms. The first-order valence-corrected chi connectivity index (χ1v) is 8.66. The van der Waals surface area contributed by atoms with Crippen molar-refractivity contribution < 1.29 is 14.3 Å². The predicted molar refractivity (Wildman–Crippen MR) is 97.3 cm³/mol. The van der Waals surface area contributed by atoms with Crippen LogP contribution in [-0.2, 0) is 9.53 Å². The summed E-state index contributed by atoms with van der Waals surface area (Å²) in [5, 5.41) is 2.59. The molecule has 0 bridgehead atoms. The normalized spacial score (nSPS) is 11.9. The lowest BCUT2D eigenvalue weighted by Gasteiger charge is -2.16. The number of halogens is 1. The van der Waals surface area contributed by atoms with Crippen LogP contribution in [-0.4, -0.2) is 17.1 Å². The quantitative estimate of drug-likeness (QED) is 0.278. The number of alkyl halides is 1. The van der Waals surface area contributed by atoms with Gasteiger partial charge in [-0.15, -0.1) is 0 Å². The zero-order valence-electron chi connectivity index (χ0n) is 12.8. The molecule has 0 fully saturated rings. The molecule has 3 rings (SSSR count).